The van der Waals surface area contributed by atoms with Crippen LogP contribution in [0.2, 0.25) is 0 Å². The van der Waals surface area contributed by atoms with Gasteiger partial charge in [-0.25, -0.2) is 9.97 Å². The maximum Gasteiger partial charge on any atom is 0.291 e. The summed E-state index contributed by atoms with van der Waals surface area (Å²) in [6.07, 6.45) is 6.99. The molecule has 0 aliphatic carbocycles. The van der Waals surface area contributed by atoms with E-state index in [9.17, 15) is 4.79 Å². The molecule has 0 saturated carbocycles. The van der Waals surface area contributed by atoms with Crippen molar-refractivity contribution in [3.8, 4) is 11.3 Å². The molecule has 1 aromatic carbocycles. The third kappa shape index (κ3) is 2.57. The van der Waals surface area contributed by atoms with Crippen LogP contribution in [0.5, 0.6) is 0 Å². The van der Waals surface area contributed by atoms with Crippen LogP contribution >= 0.6 is 0 Å². The number of furan rings is 1. The number of rotatable bonds is 3. The molecule has 4 rings (SSSR count). The number of nitrogens with one attached hydrogen (secondary N) is 1. The maximum atomic E-state index is 11.9. The standard InChI is InChI=1S/C17H12N4O2/c22-16(15-3-1-10-23-15)19-13-6-4-12(5-7-13)14-11-21-9-2-8-18-17(21)20-14/h1-11H,(H,19,22). The Balaban J connectivity index is 1.57. The first kappa shape index (κ1) is 13.3. The number of amides is 1. The fraction of sp³-hybridized carbons (Fsp3) is 0. The molecule has 23 heavy (non-hydrogen) atoms. The fourth-order valence-corrected chi connectivity index (χ4v) is 2.29. The van der Waals surface area contributed by atoms with Gasteiger partial charge in [0, 0.05) is 29.8 Å². The zero-order chi connectivity index (χ0) is 15.6. The van der Waals surface area contributed by atoms with Crippen LogP contribution in [0.1, 0.15) is 10.6 Å². The molecule has 1 amide bonds. The van der Waals surface area contributed by atoms with Crippen LogP contribution < -0.4 is 5.32 Å². The Hall–Kier alpha value is -3.41. The lowest BCUT2D eigenvalue weighted by molar-refractivity contribution is 0.0996. The van der Waals surface area contributed by atoms with Gasteiger partial charge in [0.15, 0.2) is 5.76 Å². The Kier molecular flexibility index (Phi) is 3.12. The third-order valence-electron chi connectivity index (χ3n) is 3.42. The molecular formula is C17H12N4O2. The van der Waals surface area contributed by atoms with Crippen molar-refractivity contribution in [2.24, 2.45) is 0 Å². The molecule has 0 atom stereocenters. The van der Waals surface area contributed by atoms with Crippen LogP contribution in [0, 0.1) is 0 Å². The van der Waals surface area contributed by atoms with Crippen molar-refractivity contribution in [1.29, 1.82) is 0 Å². The lowest BCUT2D eigenvalue weighted by Crippen LogP contribution is -2.10. The number of carbonyl (C=O) groups is 1. The molecule has 0 bridgehead atoms. The number of aromatic nitrogens is 3. The Bertz CT molecular complexity index is 923. The minimum Gasteiger partial charge on any atom is -0.459 e. The van der Waals surface area contributed by atoms with Crippen LogP contribution in [-0.4, -0.2) is 20.3 Å². The molecule has 6 heteroatoms. The molecule has 1 N–H and O–H groups in total. The molecule has 3 aromatic heterocycles. The second kappa shape index (κ2) is 5.42. The Morgan fingerprint density at radius 1 is 1.13 bits per heavy atom. The Morgan fingerprint density at radius 2 is 2.00 bits per heavy atom. The van der Waals surface area contributed by atoms with Gasteiger partial charge in [-0.3, -0.25) is 9.20 Å². The molecule has 0 unspecified atom stereocenters. The Labute approximate surface area is 131 Å². The van der Waals surface area contributed by atoms with Crippen LogP contribution in [0.3, 0.4) is 0 Å². The largest absolute Gasteiger partial charge is 0.459 e. The van der Waals surface area contributed by atoms with Gasteiger partial charge in [-0.1, -0.05) is 12.1 Å². The minimum absolute atomic E-state index is 0.278. The lowest BCUT2D eigenvalue weighted by atomic mass is 10.1. The number of fused-ring (bicyclic) bond motifs is 1. The van der Waals surface area contributed by atoms with Gasteiger partial charge in [0.2, 0.25) is 5.78 Å². The molecule has 112 valence electrons. The summed E-state index contributed by atoms with van der Waals surface area (Å²) in [5, 5.41) is 2.78. The summed E-state index contributed by atoms with van der Waals surface area (Å²) < 4.78 is 6.93. The number of imidazole rings is 1. The lowest BCUT2D eigenvalue weighted by Gasteiger charge is -2.04. The average Bonchev–Trinajstić information content (AvgIpc) is 3.25. The number of hydrogen-bond acceptors (Lipinski definition) is 4. The van der Waals surface area contributed by atoms with Crippen molar-refractivity contribution >= 4 is 17.4 Å². The topological polar surface area (TPSA) is 72.4 Å². The fourth-order valence-electron chi connectivity index (χ4n) is 2.29. The first-order valence-corrected chi connectivity index (χ1v) is 7.05. The quantitative estimate of drug-likeness (QED) is 0.630. The summed E-state index contributed by atoms with van der Waals surface area (Å²) in [4.78, 5) is 20.6. The number of benzene rings is 1. The van der Waals surface area contributed by atoms with Gasteiger partial charge in [-0.05, 0) is 30.3 Å². The molecule has 0 saturated heterocycles. The van der Waals surface area contributed by atoms with E-state index in [2.05, 4.69) is 15.3 Å². The van der Waals surface area contributed by atoms with Crippen molar-refractivity contribution in [2.45, 2.75) is 0 Å². The second-order valence-electron chi connectivity index (χ2n) is 4.96. The van der Waals surface area contributed by atoms with Crippen molar-refractivity contribution in [3.05, 3.63) is 73.1 Å². The SMILES string of the molecule is O=C(Nc1ccc(-c2cn3cccnc3n2)cc1)c1ccco1. The van der Waals surface area contributed by atoms with E-state index >= 15 is 0 Å². The monoisotopic (exact) mass is 304 g/mol. The number of anilines is 1. The predicted molar refractivity (Wildman–Crippen MR) is 85.1 cm³/mol. The molecule has 0 aliphatic rings. The first-order valence-electron chi connectivity index (χ1n) is 7.05. The van der Waals surface area contributed by atoms with Crippen molar-refractivity contribution in [2.75, 3.05) is 5.32 Å². The molecule has 6 nitrogen and oxygen atoms in total. The molecular weight excluding hydrogens is 292 g/mol. The van der Waals surface area contributed by atoms with E-state index < -0.39 is 0 Å². The highest BCUT2D eigenvalue weighted by molar-refractivity contribution is 6.02. The summed E-state index contributed by atoms with van der Waals surface area (Å²) in [6.45, 7) is 0. The maximum absolute atomic E-state index is 11.9. The van der Waals surface area contributed by atoms with Gasteiger partial charge in [-0.15, -0.1) is 0 Å². The van der Waals surface area contributed by atoms with Gasteiger partial charge >= 0.3 is 0 Å². The molecule has 0 fully saturated rings. The van der Waals surface area contributed by atoms with E-state index in [1.54, 1.807) is 18.3 Å². The van der Waals surface area contributed by atoms with E-state index in [1.165, 1.54) is 6.26 Å². The van der Waals surface area contributed by atoms with Crippen molar-refractivity contribution < 1.29 is 9.21 Å². The van der Waals surface area contributed by atoms with Gasteiger partial charge in [0.05, 0.1) is 12.0 Å². The van der Waals surface area contributed by atoms with E-state index in [1.807, 2.05) is 47.1 Å². The molecule has 0 radical (unpaired) electrons. The summed E-state index contributed by atoms with van der Waals surface area (Å²) >= 11 is 0. The van der Waals surface area contributed by atoms with E-state index in [-0.39, 0.29) is 11.7 Å². The zero-order valence-electron chi connectivity index (χ0n) is 12.0. The van der Waals surface area contributed by atoms with Crippen LogP contribution in [-0.2, 0) is 0 Å². The number of hydrogen-bond donors (Lipinski definition) is 1. The van der Waals surface area contributed by atoms with E-state index in [4.69, 9.17) is 4.42 Å². The summed E-state index contributed by atoms with van der Waals surface area (Å²) in [5.41, 5.74) is 2.47. The molecule has 4 aromatic rings. The van der Waals surface area contributed by atoms with Gasteiger partial charge in [-0.2, -0.15) is 0 Å². The van der Waals surface area contributed by atoms with Crippen LogP contribution in [0.15, 0.2) is 71.7 Å². The van der Waals surface area contributed by atoms with Gasteiger partial charge in [0.25, 0.3) is 5.91 Å². The summed E-state index contributed by atoms with van der Waals surface area (Å²) in [6, 6.07) is 12.6. The average molecular weight is 304 g/mol. The van der Waals surface area contributed by atoms with Crippen LogP contribution in [0.25, 0.3) is 17.0 Å². The summed E-state index contributed by atoms with van der Waals surface area (Å²) in [7, 11) is 0. The predicted octanol–water partition coefficient (Wildman–Crippen LogP) is 3.24. The van der Waals surface area contributed by atoms with Crippen LogP contribution in [0.4, 0.5) is 5.69 Å². The van der Waals surface area contributed by atoms with Crippen molar-refractivity contribution in [3.63, 3.8) is 0 Å². The number of carbonyl (C=O) groups excluding carboxylic acids is 1. The van der Waals surface area contributed by atoms with E-state index in [0.717, 1.165) is 11.3 Å². The molecule has 3 heterocycles. The number of nitrogens with zero attached hydrogens (tertiary/aromatic N) is 3. The molecule has 0 spiro atoms. The molecule has 0 aliphatic heterocycles. The normalized spacial score (nSPS) is 10.8. The highest BCUT2D eigenvalue weighted by Crippen LogP contribution is 2.21. The van der Waals surface area contributed by atoms with Gasteiger partial charge < -0.3 is 9.73 Å². The smallest absolute Gasteiger partial charge is 0.291 e. The highest BCUT2D eigenvalue weighted by atomic mass is 16.3. The van der Waals surface area contributed by atoms with E-state index in [0.29, 0.717) is 11.5 Å². The summed E-state index contributed by atoms with van der Waals surface area (Å²) in [5.74, 6) is 0.651. The van der Waals surface area contributed by atoms with Gasteiger partial charge in [0.1, 0.15) is 0 Å². The van der Waals surface area contributed by atoms with Crippen molar-refractivity contribution in [1.82, 2.24) is 14.4 Å². The Morgan fingerprint density at radius 3 is 2.74 bits per heavy atom. The highest BCUT2D eigenvalue weighted by Gasteiger charge is 2.09. The first-order chi connectivity index (χ1) is 11.3. The third-order valence-corrected chi connectivity index (χ3v) is 3.42. The zero-order valence-corrected chi connectivity index (χ0v) is 12.0. The second-order valence-corrected chi connectivity index (χ2v) is 4.96. The minimum atomic E-state index is -0.278.